The van der Waals surface area contributed by atoms with Gasteiger partial charge in [-0.3, -0.25) is 19.9 Å². The average molecular weight is 384 g/mol. The lowest BCUT2D eigenvalue weighted by molar-refractivity contribution is -0.384. The number of nitrogens with zero attached hydrogens (tertiary/aromatic N) is 3. The summed E-state index contributed by atoms with van der Waals surface area (Å²) in [5.74, 6) is -1.58. The molecule has 9 nitrogen and oxygen atoms in total. The number of anilines is 1. The quantitative estimate of drug-likeness (QED) is 0.579. The third kappa shape index (κ3) is 3.93. The second kappa shape index (κ2) is 8.03. The number of amides is 1. The third-order valence-corrected chi connectivity index (χ3v) is 4.74. The van der Waals surface area contributed by atoms with E-state index in [-0.39, 0.29) is 23.0 Å². The zero-order valence-corrected chi connectivity index (χ0v) is 15.2. The van der Waals surface area contributed by atoms with Crippen LogP contribution in [0.2, 0.25) is 0 Å². The number of pyridine rings is 1. The van der Waals surface area contributed by atoms with E-state index in [0.29, 0.717) is 19.4 Å². The number of likely N-dealkylation sites (tertiary alicyclic amines) is 1. The van der Waals surface area contributed by atoms with Gasteiger partial charge in [-0.2, -0.15) is 0 Å². The van der Waals surface area contributed by atoms with Crippen molar-refractivity contribution in [3.63, 3.8) is 0 Å². The van der Waals surface area contributed by atoms with Gasteiger partial charge in [0.15, 0.2) is 0 Å². The first-order chi connectivity index (χ1) is 13.4. The van der Waals surface area contributed by atoms with Gasteiger partial charge in [0, 0.05) is 24.4 Å². The predicted molar refractivity (Wildman–Crippen MR) is 101 cm³/mol. The molecule has 1 saturated heterocycles. The Morgan fingerprint density at radius 2 is 2.14 bits per heavy atom. The van der Waals surface area contributed by atoms with E-state index in [1.807, 2.05) is 13.0 Å². The molecular weight excluding hydrogens is 364 g/mol. The number of nitro benzene ring substituents is 1. The molecule has 0 bridgehead atoms. The van der Waals surface area contributed by atoms with Gasteiger partial charge in [-0.15, -0.1) is 0 Å². The molecule has 1 aromatic heterocycles. The Hall–Kier alpha value is -3.49. The standard InChI is InChI=1S/C19H20N4O5/c1-12(14-5-2-3-9-20-14)21-15-8-7-13(11-17(15)23(27)28)18(24)22-10-4-6-16(22)19(25)26/h2-3,5,7-9,11-12,16,21H,4,6,10H2,1H3,(H,25,26). The van der Waals surface area contributed by atoms with Gasteiger partial charge in [0.2, 0.25) is 0 Å². The van der Waals surface area contributed by atoms with Crippen LogP contribution in [0.25, 0.3) is 0 Å². The number of rotatable bonds is 6. The first-order valence-electron chi connectivity index (χ1n) is 8.88. The third-order valence-electron chi connectivity index (χ3n) is 4.74. The van der Waals surface area contributed by atoms with Crippen molar-refractivity contribution in [1.82, 2.24) is 9.88 Å². The van der Waals surface area contributed by atoms with Crippen LogP contribution >= 0.6 is 0 Å². The average Bonchev–Trinajstić information content (AvgIpc) is 3.18. The summed E-state index contributed by atoms with van der Waals surface area (Å²) < 4.78 is 0. The van der Waals surface area contributed by atoms with Gasteiger partial charge in [0.05, 0.1) is 16.7 Å². The van der Waals surface area contributed by atoms with Crippen LogP contribution in [0.5, 0.6) is 0 Å². The fraction of sp³-hybridized carbons (Fsp3) is 0.316. The molecule has 1 aliphatic heterocycles. The Balaban J connectivity index is 1.86. The smallest absolute Gasteiger partial charge is 0.326 e. The molecule has 9 heteroatoms. The zero-order chi connectivity index (χ0) is 20.3. The number of hydrogen-bond acceptors (Lipinski definition) is 6. The van der Waals surface area contributed by atoms with Crippen LogP contribution in [0.4, 0.5) is 11.4 Å². The molecule has 2 unspecified atom stereocenters. The number of aliphatic carboxylic acids is 1. The Morgan fingerprint density at radius 3 is 2.79 bits per heavy atom. The van der Waals surface area contributed by atoms with Crippen LogP contribution in [0, 0.1) is 10.1 Å². The second-order valence-electron chi connectivity index (χ2n) is 6.60. The lowest BCUT2D eigenvalue weighted by Gasteiger charge is -2.21. The summed E-state index contributed by atoms with van der Waals surface area (Å²) in [7, 11) is 0. The molecule has 0 saturated carbocycles. The highest BCUT2D eigenvalue weighted by Crippen LogP contribution is 2.30. The number of nitro groups is 1. The van der Waals surface area contributed by atoms with Gasteiger partial charge in [0.25, 0.3) is 11.6 Å². The van der Waals surface area contributed by atoms with E-state index in [2.05, 4.69) is 10.3 Å². The Bertz CT molecular complexity index is 902. The minimum atomic E-state index is -1.07. The number of carbonyl (C=O) groups excluding carboxylic acids is 1. The van der Waals surface area contributed by atoms with Crippen molar-refractivity contribution in [2.45, 2.75) is 31.8 Å². The van der Waals surface area contributed by atoms with Crippen molar-refractivity contribution in [3.05, 3.63) is 64.0 Å². The summed E-state index contributed by atoms with van der Waals surface area (Å²) in [6, 6.07) is 8.36. The highest BCUT2D eigenvalue weighted by atomic mass is 16.6. The number of carboxylic acid groups (broad SMARTS) is 1. The molecule has 1 aliphatic rings. The normalized spacial score (nSPS) is 17.2. The van der Waals surface area contributed by atoms with Crippen LogP contribution in [0.3, 0.4) is 0 Å². The van der Waals surface area contributed by atoms with Gasteiger partial charge in [-0.1, -0.05) is 6.07 Å². The SMILES string of the molecule is CC(Nc1ccc(C(=O)N2CCCC2C(=O)O)cc1[N+](=O)[O-])c1ccccn1. The molecule has 2 aromatic rings. The van der Waals surface area contributed by atoms with Crippen LogP contribution in [-0.4, -0.2) is 44.4 Å². The molecule has 2 atom stereocenters. The van der Waals surface area contributed by atoms with Crippen LogP contribution in [0.15, 0.2) is 42.6 Å². The van der Waals surface area contributed by atoms with Crippen molar-refractivity contribution in [2.75, 3.05) is 11.9 Å². The number of hydrogen-bond donors (Lipinski definition) is 2. The molecule has 3 rings (SSSR count). The first kappa shape index (κ1) is 19.3. The molecule has 1 fully saturated rings. The summed E-state index contributed by atoms with van der Waals surface area (Å²) >= 11 is 0. The molecule has 2 N–H and O–H groups in total. The topological polar surface area (TPSA) is 126 Å². The molecule has 28 heavy (non-hydrogen) atoms. The highest BCUT2D eigenvalue weighted by Gasteiger charge is 2.35. The maximum atomic E-state index is 12.7. The lowest BCUT2D eigenvalue weighted by atomic mass is 10.1. The monoisotopic (exact) mass is 384 g/mol. The summed E-state index contributed by atoms with van der Waals surface area (Å²) in [5.41, 5.74) is 0.824. The van der Waals surface area contributed by atoms with E-state index in [1.54, 1.807) is 18.3 Å². The fourth-order valence-electron chi connectivity index (χ4n) is 3.31. The van der Waals surface area contributed by atoms with Crippen molar-refractivity contribution in [3.8, 4) is 0 Å². The van der Waals surface area contributed by atoms with Gasteiger partial charge in [0.1, 0.15) is 11.7 Å². The van der Waals surface area contributed by atoms with Gasteiger partial charge in [-0.05, 0) is 44.0 Å². The van der Waals surface area contributed by atoms with Crippen LogP contribution < -0.4 is 5.32 Å². The maximum Gasteiger partial charge on any atom is 0.326 e. The van der Waals surface area contributed by atoms with Crippen molar-refractivity contribution < 1.29 is 19.6 Å². The van der Waals surface area contributed by atoms with E-state index in [4.69, 9.17) is 0 Å². The number of benzene rings is 1. The second-order valence-corrected chi connectivity index (χ2v) is 6.60. The van der Waals surface area contributed by atoms with Gasteiger partial charge >= 0.3 is 5.97 Å². The molecule has 0 spiro atoms. The molecule has 0 radical (unpaired) electrons. The van der Waals surface area contributed by atoms with E-state index in [1.165, 1.54) is 23.1 Å². The molecule has 146 valence electrons. The summed E-state index contributed by atoms with van der Waals surface area (Å²) in [6.45, 7) is 2.15. The molecular formula is C19H20N4O5. The van der Waals surface area contributed by atoms with Crippen LogP contribution in [-0.2, 0) is 4.79 Å². The molecule has 1 aromatic carbocycles. The minimum absolute atomic E-state index is 0.0934. The Labute approximate surface area is 161 Å². The van der Waals surface area contributed by atoms with E-state index >= 15 is 0 Å². The number of carbonyl (C=O) groups is 2. The summed E-state index contributed by atoms with van der Waals surface area (Å²) in [4.78, 5) is 40.5. The summed E-state index contributed by atoms with van der Waals surface area (Å²) in [6.07, 6.45) is 2.61. The number of carboxylic acids is 1. The zero-order valence-electron chi connectivity index (χ0n) is 15.2. The van der Waals surface area contributed by atoms with Crippen LogP contribution in [0.1, 0.15) is 41.9 Å². The van der Waals surface area contributed by atoms with Crippen molar-refractivity contribution in [1.29, 1.82) is 0 Å². The summed E-state index contributed by atoms with van der Waals surface area (Å²) in [5, 5.41) is 23.8. The van der Waals surface area contributed by atoms with Crippen molar-refractivity contribution in [2.24, 2.45) is 0 Å². The molecule has 2 heterocycles. The van der Waals surface area contributed by atoms with E-state index < -0.39 is 22.8 Å². The van der Waals surface area contributed by atoms with Gasteiger partial charge < -0.3 is 15.3 Å². The van der Waals surface area contributed by atoms with E-state index in [0.717, 1.165) is 5.69 Å². The number of aromatic nitrogens is 1. The Kier molecular flexibility index (Phi) is 5.53. The molecule has 1 amide bonds. The maximum absolute atomic E-state index is 12.7. The minimum Gasteiger partial charge on any atom is -0.480 e. The Morgan fingerprint density at radius 1 is 1.36 bits per heavy atom. The predicted octanol–water partition coefficient (Wildman–Crippen LogP) is 2.85. The fourth-order valence-corrected chi connectivity index (χ4v) is 3.31. The first-order valence-corrected chi connectivity index (χ1v) is 8.88. The number of nitrogens with one attached hydrogen (secondary N) is 1. The molecule has 0 aliphatic carbocycles. The van der Waals surface area contributed by atoms with Gasteiger partial charge in [-0.25, -0.2) is 4.79 Å². The van der Waals surface area contributed by atoms with Crippen molar-refractivity contribution >= 4 is 23.3 Å². The lowest BCUT2D eigenvalue weighted by Crippen LogP contribution is -2.40. The largest absolute Gasteiger partial charge is 0.480 e. The highest BCUT2D eigenvalue weighted by molar-refractivity contribution is 5.98. The van der Waals surface area contributed by atoms with E-state index in [9.17, 15) is 24.8 Å².